The topological polar surface area (TPSA) is 29.1 Å². The van der Waals surface area contributed by atoms with Gasteiger partial charge in [-0.3, -0.25) is 4.79 Å². The Balaban J connectivity index is 2.33. The van der Waals surface area contributed by atoms with Crippen molar-refractivity contribution in [1.82, 2.24) is 5.32 Å². The maximum atomic E-state index is 11.7. The zero-order valence-corrected chi connectivity index (χ0v) is 13.5. The maximum absolute atomic E-state index is 11.7. The molecule has 0 spiro atoms. The van der Waals surface area contributed by atoms with Gasteiger partial charge in [0.1, 0.15) is 0 Å². The number of hydrogen-bond acceptors (Lipinski definition) is 1. The lowest BCUT2D eigenvalue weighted by Gasteiger charge is -2.19. The number of carbonyl (C=O) groups excluding carboxylic acids is 1. The normalized spacial score (nSPS) is 11.4. The number of unbranched alkanes of at least 4 members (excludes halogenated alkanes) is 2. The zero-order valence-electron chi connectivity index (χ0n) is 13.5. The van der Waals surface area contributed by atoms with E-state index in [2.05, 4.69) is 57.3 Å². The fraction of sp³-hybridized carbons (Fsp3) is 0.611. The van der Waals surface area contributed by atoms with E-state index in [0.29, 0.717) is 6.42 Å². The van der Waals surface area contributed by atoms with Gasteiger partial charge in [-0.25, -0.2) is 0 Å². The number of carbonyl (C=O) groups is 1. The first-order valence-electron chi connectivity index (χ1n) is 7.79. The second-order valence-corrected chi connectivity index (χ2v) is 6.50. The molecule has 0 unspecified atom stereocenters. The van der Waals surface area contributed by atoms with Gasteiger partial charge in [0.25, 0.3) is 0 Å². The molecule has 0 aliphatic rings. The molecular formula is C18H29NO. The quantitative estimate of drug-likeness (QED) is 0.742. The minimum Gasteiger partial charge on any atom is -0.356 e. The average Bonchev–Trinajstić information content (AvgIpc) is 2.41. The molecule has 0 saturated carbocycles. The van der Waals surface area contributed by atoms with E-state index in [1.807, 2.05) is 0 Å². The molecule has 0 bridgehead atoms. The van der Waals surface area contributed by atoms with Gasteiger partial charge in [0.15, 0.2) is 0 Å². The van der Waals surface area contributed by atoms with E-state index in [1.165, 1.54) is 24.0 Å². The number of nitrogens with one attached hydrogen (secondary N) is 1. The van der Waals surface area contributed by atoms with Crippen molar-refractivity contribution in [2.45, 2.75) is 65.2 Å². The van der Waals surface area contributed by atoms with Crippen molar-refractivity contribution < 1.29 is 4.79 Å². The number of hydrogen-bond donors (Lipinski definition) is 1. The Morgan fingerprint density at radius 1 is 1.10 bits per heavy atom. The number of aryl methyl sites for hydroxylation is 1. The molecule has 0 heterocycles. The Kier molecular flexibility index (Phi) is 6.77. The first kappa shape index (κ1) is 16.7. The summed E-state index contributed by atoms with van der Waals surface area (Å²) >= 11 is 0. The van der Waals surface area contributed by atoms with Gasteiger partial charge in [-0.15, -0.1) is 0 Å². The Bertz CT molecular complexity index is 400. The molecule has 1 aromatic rings. The highest BCUT2D eigenvalue weighted by molar-refractivity contribution is 5.76. The summed E-state index contributed by atoms with van der Waals surface area (Å²) < 4.78 is 0. The molecule has 1 N–H and O–H groups in total. The van der Waals surface area contributed by atoms with Gasteiger partial charge in [-0.2, -0.15) is 0 Å². The van der Waals surface area contributed by atoms with Gasteiger partial charge in [0, 0.05) is 13.0 Å². The third-order valence-electron chi connectivity index (χ3n) is 3.56. The van der Waals surface area contributed by atoms with E-state index < -0.39 is 0 Å². The highest BCUT2D eigenvalue weighted by atomic mass is 16.1. The minimum absolute atomic E-state index is 0.168. The third-order valence-corrected chi connectivity index (χ3v) is 3.56. The molecule has 1 amide bonds. The predicted octanol–water partition coefficient (Wildman–Crippen LogP) is 4.22. The van der Waals surface area contributed by atoms with E-state index in [-0.39, 0.29) is 11.3 Å². The molecule has 1 aromatic carbocycles. The van der Waals surface area contributed by atoms with Crippen molar-refractivity contribution in [1.29, 1.82) is 0 Å². The summed E-state index contributed by atoms with van der Waals surface area (Å²) in [7, 11) is 0. The van der Waals surface area contributed by atoms with Crippen LogP contribution >= 0.6 is 0 Å². The van der Waals surface area contributed by atoms with Crippen molar-refractivity contribution in [3.05, 3.63) is 35.4 Å². The molecule has 0 radical (unpaired) electrons. The maximum Gasteiger partial charge on any atom is 0.220 e. The Hall–Kier alpha value is -1.31. The van der Waals surface area contributed by atoms with Crippen molar-refractivity contribution in [3.63, 3.8) is 0 Å². The lowest BCUT2D eigenvalue weighted by molar-refractivity contribution is -0.121. The summed E-state index contributed by atoms with van der Waals surface area (Å²) in [6, 6.07) is 8.64. The standard InChI is InChI=1S/C18H29NO/c1-5-6-7-14-19-17(20)13-10-15-8-11-16(12-9-15)18(2,3)4/h8-9,11-12H,5-7,10,13-14H2,1-4H3,(H,19,20). The van der Waals surface area contributed by atoms with Gasteiger partial charge < -0.3 is 5.32 Å². The second-order valence-electron chi connectivity index (χ2n) is 6.50. The molecular weight excluding hydrogens is 246 g/mol. The summed E-state index contributed by atoms with van der Waals surface area (Å²) in [4.78, 5) is 11.7. The largest absolute Gasteiger partial charge is 0.356 e. The lowest BCUT2D eigenvalue weighted by Crippen LogP contribution is -2.24. The molecule has 0 aliphatic heterocycles. The zero-order chi connectivity index (χ0) is 15.0. The fourth-order valence-corrected chi connectivity index (χ4v) is 2.12. The molecule has 0 aliphatic carbocycles. The van der Waals surface area contributed by atoms with Crippen LogP contribution in [0, 0.1) is 0 Å². The summed E-state index contributed by atoms with van der Waals surface area (Å²) in [6.07, 6.45) is 4.87. The monoisotopic (exact) mass is 275 g/mol. The van der Waals surface area contributed by atoms with Crippen LogP contribution in [-0.4, -0.2) is 12.5 Å². The average molecular weight is 275 g/mol. The second kappa shape index (κ2) is 8.08. The Morgan fingerprint density at radius 3 is 2.30 bits per heavy atom. The molecule has 2 heteroatoms. The van der Waals surface area contributed by atoms with Gasteiger partial charge in [0.05, 0.1) is 0 Å². The van der Waals surface area contributed by atoms with Gasteiger partial charge in [-0.05, 0) is 29.4 Å². The first-order valence-corrected chi connectivity index (χ1v) is 7.79. The molecule has 0 saturated heterocycles. The van der Waals surface area contributed by atoms with E-state index in [9.17, 15) is 4.79 Å². The third kappa shape index (κ3) is 6.23. The predicted molar refractivity (Wildman–Crippen MR) is 86.0 cm³/mol. The van der Waals surface area contributed by atoms with Crippen LogP contribution in [0.5, 0.6) is 0 Å². The molecule has 0 aromatic heterocycles. The van der Waals surface area contributed by atoms with Crippen LogP contribution < -0.4 is 5.32 Å². The van der Waals surface area contributed by atoms with Gasteiger partial charge in [0.2, 0.25) is 5.91 Å². The van der Waals surface area contributed by atoms with Crippen molar-refractivity contribution >= 4 is 5.91 Å². The first-order chi connectivity index (χ1) is 9.43. The summed E-state index contributed by atoms with van der Waals surface area (Å²) in [5, 5.41) is 2.98. The summed E-state index contributed by atoms with van der Waals surface area (Å²) in [6.45, 7) is 9.63. The lowest BCUT2D eigenvalue weighted by atomic mass is 9.86. The van der Waals surface area contributed by atoms with Gasteiger partial charge in [-0.1, -0.05) is 64.8 Å². The number of rotatable bonds is 7. The molecule has 2 nitrogen and oxygen atoms in total. The summed E-state index contributed by atoms with van der Waals surface area (Å²) in [5.74, 6) is 0.168. The van der Waals surface area contributed by atoms with Crippen LogP contribution in [-0.2, 0) is 16.6 Å². The van der Waals surface area contributed by atoms with Gasteiger partial charge >= 0.3 is 0 Å². The van der Waals surface area contributed by atoms with E-state index in [0.717, 1.165) is 19.4 Å². The molecule has 1 rings (SSSR count). The highest BCUT2D eigenvalue weighted by Crippen LogP contribution is 2.22. The SMILES string of the molecule is CCCCCNC(=O)CCc1ccc(C(C)(C)C)cc1. The van der Waals surface area contributed by atoms with Crippen LogP contribution in [0.25, 0.3) is 0 Å². The van der Waals surface area contributed by atoms with Crippen molar-refractivity contribution in [3.8, 4) is 0 Å². The van der Waals surface area contributed by atoms with E-state index in [1.54, 1.807) is 0 Å². The molecule has 0 atom stereocenters. The number of benzene rings is 1. The van der Waals surface area contributed by atoms with Crippen LogP contribution in [0.1, 0.15) is 64.5 Å². The van der Waals surface area contributed by atoms with E-state index >= 15 is 0 Å². The Morgan fingerprint density at radius 2 is 1.75 bits per heavy atom. The highest BCUT2D eigenvalue weighted by Gasteiger charge is 2.12. The van der Waals surface area contributed by atoms with Crippen molar-refractivity contribution in [2.24, 2.45) is 0 Å². The molecule has 20 heavy (non-hydrogen) atoms. The summed E-state index contributed by atoms with van der Waals surface area (Å²) in [5.41, 5.74) is 2.77. The van der Waals surface area contributed by atoms with Crippen LogP contribution in [0.4, 0.5) is 0 Å². The van der Waals surface area contributed by atoms with Crippen molar-refractivity contribution in [2.75, 3.05) is 6.54 Å². The van der Waals surface area contributed by atoms with Crippen LogP contribution in [0.3, 0.4) is 0 Å². The molecule has 0 fully saturated rings. The van der Waals surface area contributed by atoms with Crippen LogP contribution in [0.2, 0.25) is 0 Å². The minimum atomic E-state index is 0.168. The fourth-order valence-electron chi connectivity index (χ4n) is 2.12. The number of amides is 1. The van der Waals surface area contributed by atoms with Crippen LogP contribution in [0.15, 0.2) is 24.3 Å². The smallest absolute Gasteiger partial charge is 0.220 e. The molecule has 112 valence electrons. The Labute approximate surface area is 124 Å². The van der Waals surface area contributed by atoms with E-state index in [4.69, 9.17) is 0 Å².